The monoisotopic (exact) mass is 289 g/mol. The van der Waals surface area contributed by atoms with Gasteiger partial charge in [0, 0.05) is 30.7 Å². The van der Waals surface area contributed by atoms with Crippen LogP contribution in [0.5, 0.6) is 0 Å². The zero-order chi connectivity index (χ0) is 14.5. The Morgan fingerprint density at radius 1 is 1.10 bits per heavy atom. The number of ether oxygens (including phenoxy) is 1. The minimum absolute atomic E-state index is 0.233. The van der Waals surface area contributed by atoms with Crippen molar-refractivity contribution in [2.75, 3.05) is 0 Å². The second kappa shape index (κ2) is 7.32. The predicted molar refractivity (Wildman–Crippen MR) is 83.0 cm³/mol. The molecule has 0 amide bonds. The van der Waals surface area contributed by atoms with Crippen molar-refractivity contribution >= 4 is 0 Å². The van der Waals surface area contributed by atoms with Gasteiger partial charge < -0.3 is 10.1 Å². The third-order valence-electron chi connectivity index (χ3n) is 4.86. The van der Waals surface area contributed by atoms with Crippen LogP contribution in [0, 0.1) is 0 Å². The summed E-state index contributed by atoms with van der Waals surface area (Å²) in [6, 6.07) is 0.688. The zero-order valence-corrected chi connectivity index (χ0v) is 13.0. The van der Waals surface area contributed by atoms with Gasteiger partial charge in [-0.15, -0.1) is 0 Å². The lowest BCUT2D eigenvalue weighted by Gasteiger charge is -2.35. The van der Waals surface area contributed by atoms with E-state index in [4.69, 9.17) is 4.74 Å². The average Bonchev–Trinajstić information content (AvgIpc) is 3.03. The largest absolute Gasteiger partial charge is 0.373 e. The molecule has 1 heterocycles. The summed E-state index contributed by atoms with van der Waals surface area (Å²) in [5.74, 6) is 0. The molecule has 0 bridgehead atoms. The topological polar surface area (TPSA) is 47.0 Å². The minimum atomic E-state index is 0.233. The van der Waals surface area contributed by atoms with E-state index in [-0.39, 0.29) is 6.04 Å². The molecule has 0 saturated heterocycles. The predicted octanol–water partition coefficient (Wildman–Crippen LogP) is 3.40. The van der Waals surface area contributed by atoms with Crippen LogP contribution in [-0.4, -0.2) is 28.2 Å². The molecule has 0 aromatic carbocycles. The van der Waals surface area contributed by atoms with Crippen molar-refractivity contribution in [1.29, 1.82) is 0 Å². The van der Waals surface area contributed by atoms with Crippen LogP contribution < -0.4 is 5.32 Å². The molecule has 1 aromatic heterocycles. The molecule has 0 unspecified atom stereocenters. The molecular formula is C17H27N3O. The number of hydrogen-bond acceptors (Lipinski definition) is 4. The Balaban J connectivity index is 1.58. The Morgan fingerprint density at radius 2 is 1.86 bits per heavy atom. The SMILES string of the molecule is C[C@H](N[C@@H]1CCCC[C@@H]1OC1CCCC1)c1cnccn1. The summed E-state index contributed by atoms with van der Waals surface area (Å²) in [4.78, 5) is 8.57. The van der Waals surface area contributed by atoms with E-state index in [0.717, 1.165) is 5.69 Å². The molecule has 0 spiro atoms. The third-order valence-corrected chi connectivity index (χ3v) is 4.86. The Morgan fingerprint density at radius 3 is 2.62 bits per heavy atom. The van der Waals surface area contributed by atoms with Crippen molar-refractivity contribution in [3.63, 3.8) is 0 Å². The maximum absolute atomic E-state index is 6.40. The second-order valence-electron chi connectivity index (χ2n) is 6.49. The third kappa shape index (κ3) is 4.01. The van der Waals surface area contributed by atoms with E-state index < -0.39 is 0 Å². The molecule has 3 atom stereocenters. The molecule has 4 nitrogen and oxygen atoms in total. The number of rotatable bonds is 5. The maximum atomic E-state index is 6.40. The van der Waals surface area contributed by atoms with Crippen LogP contribution in [0.25, 0.3) is 0 Å². The lowest BCUT2D eigenvalue weighted by molar-refractivity contribution is -0.0452. The van der Waals surface area contributed by atoms with Crippen LogP contribution in [0.2, 0.25) is 0 Å². The van der Waals surface area contributed by atoms with Crippen LogP contribution >= 0.6 is 0 Å². The fourth-order valence-electron chi connectivity index (χ4n) is 3.66. The molecule has 2 fully saturated rings. The first kappa shape index (κ1) is 14.9. The molecule has 2 aliphatic rings. The maximum Gasteiger partial charge on any atom is 0.0753 e. The van der Waals surface area contributed by atoms with Gasteiger partial charge in [0.05, 0.1) is 17.9 Å². The van der Waals surface area contributed by atoms with Crippen LogP contribution in [0.3, 0.4) is 0 Å². The summed E-state index contributed by atoms with van der Waals surface area (Å²) in [5, 5.41) is 3.73. The summed E-state index contributed by atoms with van der Waals surface area (Å²) in [6.07, 6.45) is 16.4. The van der Waals surface area contributed by atoms with Crippen molar-refractivity contribution in [2.45, 2.75) is 82.6 Å². The lowest BCUT2D eigenvalue weighted by Crippen LogP contribution is -2.45. The van der Waals surface area contributed by atoms with E-state index in [1.807, 2.05) is 6.20 Å². The highest BCUT2D eigenvalue weighted by Crippen LogP contribution is 2.29. The summed E-state index contributed by atoms with van der Waals surface area (Å²) in [5.41, 5.74) is 1.02. The Bertz CT molecular complexity index is 419. The number of aromatic nitrogens is 2. The molecular weight excluding hydrogens is 262 g/mol. The first-order valence-corrected chi connectivity index (χ1v) is 8.50. The standard InChI is InChI=1S/C17H27N3O/c1-13(16-12-18-10-11-19-16)20-15-8-4-5-9-17(15)21-14-6-2-3-7-14/h10-15,17,20H,2-9H2,1H3/t13-,15+,17-/m0/s1. The van der Waals surface area contributed by atoms with Crippen molar-refractivity contribution in [2.24, 2.45) is 0 Å². The van der Waals surface area contributed by atoms with E-state index in [1.54, 1.807) is 12.4 Å². The highest BCUT2D eigenvalue weighted by atomic mass is 16.5. The molecule has 2 saturated carbocycles. The van der Waals surface area contributed by atoms with E-state index in [2.05, 4.69) is 22.2 Å². The number of nitrogens with zero attached hydrogens (tertiary/aromatic N) is 2. The highest BCUT2D eigenvalue weighted by molar-refractivity contribution is 5.02. The van der Waals surface area contributed by atoms with Crippen molar-refractivity contribution in [1.82, 2.24) is 15.3 Å². The Hall–Kier alpha value is -1.00. The molecule has 0 radical (unpaired) electrons. The fraction of sp³-hybridized carbons (Fsp3) is 0.765. The van der Waals surface area contributed by atoms with Crippen molar-refractivity contribution in [3.8, 4) is 0 Å². The molecule has 3 rings (SSSR count). The Kier molecular flexibility index (Phi) is 5.20. The van der Waals surface area contributed by atoms with Gasteiger partial charge in [-0.25, -0.2) is 0 Å². The van der Waals surface area contributed by atoms with Gasteiger partial charge in [-0.1, -0.05) is 25.7 Å². The number of nitrogens with one attached hydrogen (secondary N) is 1. The van der Waals surface area contributed by atoms with Gasteiger partial charge in [0.1, 0.15) is 0 Å². The van der Waals surface area contributed by atoms with Gasteiger partial charge in [0.2, 0.25) is 0 Å². The molecule has 1 N–H and O–H groups in total. The summed E-state index contributed by atoms with van der Waals surface area (Å²) in [7, 11) is 0. The summed E-state index contributed by atoms with van der Waals surface area (Å²) < 4.78 is 6.40. The summed E-state index contributed by atoms with van der Waals surface area (Å²) >= 11 is 0. The van der Waals surface area contributed by atoms with E-state index in [1.165, 1.54) is 51.4 Å². The smallest absolute Gasteiger partial charge is 0.0753 e. The van der Waals surface area contributed by atoms with Crippen LogP contribution in [-0.2, 0) is 4.74 Å². The molecule has 1 aromatic rings. The first-order chi connectivity index (χ1) is 10.3. The van der Waals surface area contributed by atoms with Gasteiger partial charge in [-0.3, -0.25) is 9.97 Å². The van der Waals surface area contributed by atoms with E-state index >= 15 is 0 Å². The van der Waals surface area contributed by atoms with Crippen molar-refractivity contribution < 1.29 is 4.74 Å². The second-order valence-corrected chi connectivity index (χ2v) is 6.49. The molecule has 4 heteroatoms. The molecule has 21 heavy (non-hydrogen) atoms. The van der Waals surface area contributed by atoms with Gasteiger partial charge in [-0.05, 0) is 32.6 Å². The fourth-order valence-corrected chi connectivity index (χ4v) is 3.66. The quantitative estimate of drug-likeness (QED) is 0.902. The zero-order valence-electron chi connectivity index (χ0n) is 13.0. The van der Waals surface area contributed by atoms with Crippen LogP contribution in [0.1, 0.15) is 70.0 Å². The van der Waals surface area contributed by atoms with Gasteiger partial charge in [0.25, 0.3) is 0 Å². The number of hydrogen-bond donors (Lipinski definition) is 1. The van der Waals surface area contributed by atoms with E-state index in [9.17, 15) is 0 Å². The van der Waals surface area contributed by atoms with Gasteiger partial charge in [-0.2, -0.15) is 0 Å². The molecule has 2 aliphatic carbocycles. The highest BCUT2D eigenvalue weighted by Gasteiger charge is 2.30. The molecule has 0 aliphatic heterocycles. The van der Waals surface area contributed by atoms with Gasteiger partial charge in [0.15, 0.2) is 0 Å². The lowest BCUT2D eigenvalue weighted by atomic mass is 9.91. The summed E-state index contributed by atoms with van der Waals surface area (Å²) in [6.45, 7) is 2.17. The van der Waals surface area contributed by atoms with Crippen LogP contribution in [0.4, 0.5) is 0 Å². The van der Waals surface area contributed by atoms with Gasteiger partial charge >= 0.3 is 0 Å². The normalized spacial score (nSPS) is 28.6. The van der Waals surface area contributed by atoms with E-state index in [0.29, 0.717) is 18.2 Å². The first-order valence-electron chi connectivity index (χ1n) is 8.50. The molecule has 116 valence electrons. The average molecular weight is 289 g/mol. The Labute approximate surface area is 127 Å². The minimum Gasteiger partial charge on any atom is -0.373 e. The van der Waals surface area contributed by atoms with Crippen LogP contribution in [0.15, 0.2) is 18.6 Å². The van der Waals surface area contributed by atoms with Crippen molar-refractivity contribution in [3.05, 3.63) is 24.3 Å².